The maximum Gasteiger partial charge on any atom is 0.472 e. The molecule has 0 bridgehead atoms. The number of nitrogens with zero attached hydrogens (tertiary/aromatic N) is 1. The SMILES string of the molecule is CCCCCCCCCCCOc1ccc(CCC(COP(=O)(O)OCCN(C)C)CC(=O)CC)cc1. The summed E-state index contributed by atoms with van der Waals surface area (Å²) in [6, 6.07) is 8.08. The summed E-state index contributed by atoms with van der Waals surface area (Å²) in [5.74, 6) is 0.850. The largest absolute Gasteiger partial charge is 0.494 e. The summed E-state index contributed by atoms with van der Waals surface area (Å²) in [4.78, 5) is 23.9. The van der Waals surface area contributed by atoms with Crippen molar-refractivity contribution in [2.45, 2.75) is 97.3 Å². The molecular formula is C29H52NO6P. The third-order valence-electron chi connectivity index (χ3n) is 6.46. The van der Waals surface area contributed by atoms with E-state index in [0.717, 1.165) is 30.8 Å². The lowest BCUT2D eigenvalue weighted by atomic mass is 9.94. The summed E-state index contributed by atoms with van der Waals surface area (Å²) < 4.78 is 28.3. The molecule has 1 N–H and O–H groups in total. The van der Waals surface area contributed by atoms with Gasteiger partial charge in [-0.3, -0.25) is 13.8 Å². The third kappa shape index (κ3) is 18.6. The van der Waals surface area contributed by atoms with Crippen LogP contribution < -0.4 is 4.74 Å². The number of ketones is 1. The highest BCUT2D eigenvalue weighted by molar-refractivity contribution is 7.47. The predicted molar refractivity (Wildman–Crippen MR) is 151 cm³/mol. The second kappa shape index (κ2) is 20.7. The van der Waals surface area contributed by atoms with Crippen molar-refractivity contribution in [2.75, 3.05) is 40.5 Å². The number of hydrogen-bond acceptors (Lipinski definition) is 6. The summed E-state index contributed by atoms with van der Waals surface area (Å²) >= 11 is 0. The van der Waals surface area contributed by atoms with E-state index in [1.54, 1.807) is 0 Å². The minimum absolute atomic E-state index is 0.0153. The molecule has 0 spiro atoms. The fourth-order valence-electron chi connectivity index (χ4n) is 4.01. The first-order valence-electron chi connectivity index (χ1n) is 14.3. The third-order valence-corrected chi connectivity index (χ3v) is 7.44. The van der Waals surface area contributed by atoms with Crippen molar-refractivity contribution in [2.24, 2.45) is 5.92 Å². The zero-order valence-electron chi connectivity index (χ0n) is 23.8. The average Bonchev–Trinajstić information content (AvgIpc) is 2.87. The Labute approximate surface area is 225 Å². The van der Waals surface area contributed by atoms with Gasteiger partial charge in [-0.05, 0) is 57.0 Å². The summed E-state index contributed by atoms with van der Waals surface area (Å²) in [6.45, 7) is 5.46. The number of aryl methyl sites for hydroxylation is 1. The predicted octanol–water partition coefficient (Wildman–Crippen LogP) is 7.21. The molecule has 2 unspecified atom stereocenters. The van der Waals surface area contributed by atoms with Crippen LogP contribution in [0.25, 0.3) is 0 Å². The Morgan fingerprint density at radius 3 is 2.14 bits per heavy atom. The van der Waals surface area contributed by atoms with Crippen molar-refractivity contribution >= 4 is 13.6 Å². The molecule has 1 rings (SSSR count). The van der Waals surface area contributed by atoms with Crippen LogP contribution in [-0.4, -0.2) is 56.0 Å². The van der Waals surface area contributed by atoms with Gasteiger partial charge in [0, 0.05) is 19.4 Å². The first-order chi connectivity index (χ1) is 17.8. The summed E-state index contributed by atoms with van der Waals surface area (Å²) in [6.07, 6.45) is 13.9. The minimum atomic E-state index is -4.14. The van der Waals surface area contributed by atoms with Crippen molar-refractivity contribution in [1.29, 1.82) is 0 Å². The highest BCUT2D eigenvalue weighted by atomic mass is 31.2. The Hall–Kier alpha value is -1.24. The molecule has 0 aliphatic heterocycles. The number of phosphoric acid groups is 1. The van der Waals surface area contributed by atoms with Gasteiger partial charge in [0.1, 0.15) is 11.5 Å². The Morgan fingerprint density at radius 2 is 1.54 bits per heavy atom. The van der Waals surface area contributed by atoms with Crippen LogP contribution in [0.5, 0.6) is 5.75 Å². The topological polar surface area (TPSA) is 85.3 Å². The summed E-state index contributed by atoms with van der Waals surface area (Å²) in [5.41, 5.74) is 1.14. The van der Waals surface area contributed by atoms with E-state index in [1.165, 1.54) is 51.4 Å². The molecule has 2 atom stereocenters. The molecule has 1 aromatic carbocycles. The van der Waals surface area contributed by atoms with Crippen LogP contribution in [0.4, 0.5) is 0 Å². The Balaban J connectivity index is 2.36. The number of likely N-dealkylation sites (N-methyl/N-ethyl adjacent to an activating group) is 1. The van der Waals surface area contributed by atoms with E-state index in [-0.39, 0.29) is 24.9 Å². The van der Waals surface area contributed by atoms with Crippen LogP contribution in [-0.2, 0) is 24.8 Å². The molecule has 0 heterocycles. The molecule has 0 aromatic heterocycles. The molecule has 7 nitrogen and oxygen atoms in total. The second-order valence-corrected chi connectivity index (χ2v) is 11.7. The molecule has 0 fully saturated rings. The zero-order chi connectivity index (χ0) is 27.4. The van der Waals surface area contributed by atoms with E-state index >= 15 is 0 Å². The number of phosphoric ester groups is 1. The highest BCUT2D eigenvalue weighted by Gasteiger charge is 2.24. The molecule has 0 saturated heterocycles. The van der Waals surface area contributed by atoms with Crippen LogP contribution >= 0.6 is 7.82 Å². The first kappa shape index (κ1) is 33.8. The van der Waals surface area contributed by atoms with Crippen molar-refractivity contribution in [3.05, 3.63) is 29.8 Å². The van der Waals surface area contributed by atoms with E-state index < -0.39 is 7.82 Å². The van der Waals surface area contributed by atoms with Crippen molar-refractivity contribution in [3.63, 3.8) is 0 Å². The summed E-state index contributed by atoms with van der Waals surface area (Å²) in [7, 11) is -0.424. The van der Waals surface area contributed by atoms with Gasteiger partial charge in [-0.15, -0.1) is 0 Å². The quantitative estimate of drug-likeness (QED) is 0.109. The Morgan fingerprint density at radius 1 is 0.919 bits per heavy atom. The smallest absolute Gasteiger partial charge is 0.472 e. The second-order valence-electron chi connectivity index (χ2n) is 10.2. The molecule has 0 aliphatic rings. The van der Waals surface area contributed by atoms with E-state index in [2.05, 4.69) is 6.92 Å². The fourth-order valence-corrected chi connectivity index (χ4v) is 4.80. The number of Topliss-reactive ketones (excluding diaryl/α,β-unsaturated/α-hetero) is 1. The lowest BCUT2D eigenvalue weighted by molar-refractivity contribution is -0.120. The molecule has 0 saturated carbocycles. The number of ether oxygens (including phenoxy) is 1. The van der Waals surface area contributed by atoms with Crippen LogP contribution in [0.3, 0.4) is 0 Å². The van der Waals surface area contributed by atoms with Gasteiger partial charge in [0.25, 0.3) is 0 Å². The number of carbonyl (C=O) groups is 1. The van der Waals surface area contributed by atoms with Crippen LogP contribution in [0.2, 0.25) is 0 Å². The molecular weight excluding hydrogens is 489 g/mol. The minimum Gasteiger partial charge on any atom is -0.494 e. The fraction of sp³-hybridized carbons (Fsp3) is 0.759. The number of rotatable bonds is 24. The van der Waals surface area contributed by atoms with Gasteiger partial charge in [-0.25, -0.2) is 4.57 Å². The van der Waals surface area contributed by atoms with Crippen LogP contribution in [0, 0.1) is 5.92 Å². The van der Waals surface area contributed by atoms with Crippen molar-refractivity contribution in [3.8, 4) is 5.75 Å². The molecule has 0 amide bonds. The Bertz CT molecular complexity index is 755. The summed E-state index contributed by atoms with van der Waals surface area (Å²) in [5, 5.41) is 0. The van der Waals surface area contributed by atoms with Gasteiger partial charge >= 0.3 is 7.82 Å². The van der Waals surface area contributed by atoms with Gasteiger partial charge in [-0.2, -0.15) is 0 Å². The van der Waals surface area contributed by atoms with E-state index in [0.29, 0.717) is 25.8 Å². The van der Waals surface area contributed by atoms with Gasteiger partial charge in [-0.1, -0.05) is 77.3 Å². The van der Waals surface area contributed by atoms with Gasteiger partial charge in [0.15, 0.2) is 0 Å². The lowest BCUT2D eigenvalue weighted by Crippen LogP contribution is -2.19. The van der Waals surface area contributed by atoms with E-state index in [4.69, 9.17) is 13.8 Å². The monoisotopic (exact) mass is 541 g/mol. The first-order valence-corrected chi connectivity index (χ1v) is 15.7. The van der Waals surface area contributed by atoms with E-state index in [9.17, 15) is 14.3 Å². The maximum atomic E-state index is 12.2. The molecule has 8 heteroatoms. The lowest BCUT2D eigenvalue weighted by Gasteiger charge is -2.19. The molecule has 37 heavy (non-hydrogen) atoms. The van der Waals surface area contributed by atoms with Gasteiger partial charge in [0.2, 0.25) is 0 Å². The standard InChI is InChI=1S/C29H52NO6P/c1-5-7-8-9-10-11-12-13-14-22-34-29-19-17-26(18-20-29)15-16-27(24-28(31)6-2)25-36-37(32,33)35-23-21-30(3)4/h17-20,27H,5-16,21-25H2,1-4H3,(H,32,33). The van der Waals surface area contributed by atoms with Crippen LogP contribution in [0.1, 0.15) is 96.5 Å². The average molecular weight is 542 g/mol. The maximum absolute atomic E-state index is 12.2. The number of hydrogen-bond donors (Lipinski definition) is 1. The molecule has 0 aliphatic carbocycles. The molecule has 0 radical (unpaired) electrons. The van der Waals surface area contributed by atoms with E-state index in [1.807, 2.05) is 50.2 Å². The number of carbonyl (C=O) groups excluding carboxylic acids is 1. The Kier molecular flexibility index (Phi) is 18.9. The molecule has 1 aromatic rings. The van der Waals surface area contributed by atoms with Gasteiger partial charge in [0.05, 0.1) is 19.8 Å². The number of unbranched alkanes of at least 4 members (excludes halogenated alkanes) is 8. The highest BCUT2D eigenvalue weighted by Crippen LogP contribution is 2.43. The van der Waals surface area contributed by atoms with Crippen molar-refractivity contribution < 1.29 is 28.0 Å². The normalized spacial score (nSPS) is 14.0. The van der Waals surface area contributed by atoms with Gasteiger partial charge < -0.3 is 14.5 Å². The zero-order valence-corrected chi connectivity index (χ0v) is 24.7. The molecule has 214 valence electrons. The van der Waals surface area contributed by atoms with Crippen molar-refractivity contribution in [1.82, 2.24) is 4.90 Å². The van der Waals surface area contributed by atoms with Crippen LogP contribution in [0.15, 0.2) is 24.3 Å². The number of benzene rings is 1.